The SMILES string of the molecule is COc1ccc(C)cc1S(=O)(=O)N(Cl)c1cc(C(=O)N2CCNCC2)c2occc2c1. The summed E-state index contributed by atoms with van der Waals surface area (Å²) in [6.07, 6.45) is 1.46. The zero-order chi connectivity index (χ0) is 22.2. The molecule has 0 radical (unpaired) electrons. The van der Waals surface area contributed by atoms with Gasteiger partial charge in [0.15, 0.2) is 0 Å². The van der Waals surface area contributed by atoms with E-state index in [0.717, 1.165) is 5.56 Å². The van der Waals surface area contributed by atoms with Crippen molar-refractivity contribution in [3.63, 3.8) is 0 Å². The van der Waals surface area contributed by atoms with Crippen LogP contribution in [0.5, 0.6) is 5.75 Å². The van der Waals surface area contributed by atoms with Crippen LogP contribution in [0.25, 0.3) is 11.0 Å². The van der Waals surface area contributed by atoms with Crippen molar-refractivity contribution in [3.05, 3.63) is 53.8 Å². The summed E-state index contributed by atoms with van der Waals surface area (Å²) in [6.45, 7) is 4.26. The molecule has 1 aliphatic rings. The van der Waals surface area contributed by atoms with Crippen LogP contribution in [0.3, 0.4) is 0 Å². The Hall–Kier alpha value is -2.75. The number of ether oxygens (including phenoxy) is 1. The van der Waals surface area contributed by atoms with Gasteiger partial charge in [-0.05, 0) is 42.8 Å². The molecular weight excluding hydrogens is 442 g/mol. The molecule has 0 aliphatic carbocycles. The smallest absolute Gasteiger partial charge is 0.281 e. The topological polar surface area (TPSA) is 92.1 Å². The van der Waals surface area contributed by atoms with Crippen LogP contribution < -0.4 is 13.9 Å². The Balaban J connectivity index is 1.79. The van der Waals surface area contributed by atoms with E-state index in [-0.39, 0.29) is 27.8 Å². The summed E-state index contributed by atoms with van der Waals surface area (Å²) in [7, 11) is -2.78. The van der Waals surface area contributed by atoms with Crippen molar-refractivity contribution < 1.29 is 22.4 Å². The molecule has 2 heterocycles. The molecule has 1 amide bonds. The molecule has 1 N–H and O–H groups in total. The number of rotatable bonds is 5. The van der Waals surface area contributed by atoms with Crippen LogP contribution in [-0.4, -0.2) is 52.5 Å². The Labute approximate surface area is 185 Å². The predicted octanol–water partition coefficient (Wildman–Crippen LogP) is 3.14. The number of amides is 1. The average molecular weight is 464 g/mol. The molecule has 164 valence electrons. The lowest BCUT2D eigenvalue weighted by molar-refractivity contribution is 0.0736. The summed E-state index contributed by atoms with van der Waals surface area (Å²) in [4.78, 5) is 14.8. The number of carbonyl (C=O) groups is 1. The molecule has 1 saturated heterocycles. The lowest BCUT2D eigenvalue weighted by atomic mass is 10.1. The van der Waals surface area contributed by atoms with Crippen molar-refractivity contribution in [1.82, 2.24) is 10.2 Å². The van der Waals surface area contributed by atoms with Crippen molar-refractivity contribution in [2.75, 3.05) is 37.1 Å². The van der Waals surface area contributed by atoms with E-state index in [1.165, 1.54) is 25.5 Å². The van der Waals surface area contributed by atoms with E-state index in [2.05, 4.69) is 5.32 Å². The number of nitrogens with one attached hydrogen (secondary N) is 1. The number of methoxy groups -OCH3 is 1. The third kappa shape index (κ3) is 3.96. The molecule has 1 aliphatic heterocycles. The lowest BCUT2D eigenvalue weighted by Crippen LogP contribution is -2.46. The van der Waals surface area contributed by atoms with Crippen molar-refractivity contribution in [2.45, 2.75) is 11.8 Å². The molecule has 4 rings (SSSR count). The van der Waals surface area contributed by atoms with Gasteiger partial charge in [0.25, 0.3) is 15.9 Å². The number of aryl methyl sites for hydroxylation is 1. The van der Waals surface area contributed by atoms with Gasteiger partial charge in [-0.2, -0.15) is 12.2 Å². The summed E-state index contributed by atoms with van der Waals surface area (Å²) in [5.74, 6) is -0.0587. The van der Waals surface area contributed by atoms with Gasteiger partial charge in [-0.15, -0.1) is 0 Å². The highest BCUT2D eigenvalue weighted by atomic mass is 35.5. The fraction of sp³-hybridized carbons (Fsp3) is 0.286. The molecular formula is C21H22ClN3O5S. The molecule has 0 bridgehead atoms. The van der Waals surface area contributed by atoms with E-state index >= 15 is 0 Å². The Morgan fingerprint density at radius 2 is 1.94 bits per heavy atom. The summed E-state index contributed by atoms with van der Waals surface area (Å²) >= 11 is 6.37. The van der Waals surface area contributed by atoms with Crippen LogP contribution in [0.4, 0.5) is 5.69 Å². The summed E-state index contributed by atoms with van der Waals surface area (Å²) in [6, 6.07) is 9.50. The van der Waals surface area contributed by atoms with Gasteiger partial charge < -0.3 is 19.4 Å². The van der Waals surface area contributed by atoms with Gasteiger partial charge in [-0.25, -0.2) is 0 Å². The Bertz CT molecular complexity index is 1240. The highest BCUT2D eigenvalue weighted by Crippen LogP contribution is 2.35. The Kier molecular flexibility index (Phi) is 5.83. The molecule has 8 nitrogen and oxygen atoms in total. The molecule has 1 aromatic heterocycles. The van der Waals surface area contributed by atoms with Crippen molar-refractivity contribution in [2.24, 2.45) is 0 Å². The van der Waals surface area contributed by atoms with E-state index in [9.17, 15) is 13.2 Å². The first-order valence-corrected chi connectivity index (χ1v) is 11.5. The fourth-order valence-electron chi connectivity index (χ4n) is 3.58. The standard InChI is InChI=1S/C21H22ClN3O5S/c1-14-3-4-18(29-2)19(11-14)31(27,28)25(22)16-12-15-5-10-30-20(15)17(13-16)21(26)24-8-6-23-7-9-24/h3-5,10-13,23H,6-9H2,1-2H3. The number of sulfonamides is 1. The first-order chi connectivity index (χ1) is 14.8. The summed E-state index contributed by atoms with van der Waals surface area (Å²) in [5.41, 5.74) is 1.53. The first-order valence-electron chi connectivity index (χ1n) is 9.70. The summed E-state index contributed by atoms with van der Waals surface area (Å²) < 4.78 is 38.0. The molecule has 3 aromatic rings. The minimum atomic E-state index is -4.17. The molecule has 0 saturated carbocycles. The maximum absolute atomic E-state index is 13.3. The lowest BCUT2D eigenvalue weighted by Gasteiger charge is -2.27. The number of piperazine rings is 1. The molecule has 10 heteroatoms. The zero-order valence-electron chi connectivity index (χ0n) is 17.1. The monoisotopic (exact) mass is 463 g/mol. The normalized spacial score (nSPS) is 14.6. The third-order valence-electron chi connectivity index (χ3n) is 5.18. The van der Waals surface area contributed by atoms with Gasteiger partial charge in [-0.3, -0.25) is 4.79 Å². The number of hydrogen-bond acceptors (Lipinski definition) is 6. The van der Waals surface area contributed by atoms with Gasteiger partial charge in [-0.1, -0.05) is 6.07 Å². The number of anilines is 1. The van der Waals surface area contributed by atoms with Crippen LogP contribution >= 0.6 is 11.8 Å². The van der Waals surface area contributed by atoms with Crippen LogP contribution in [0.15, 0.2) is 52.0 Å². The van der Waals surface area contributed by atoms with E-state index in [4.69, 9.17) is 20.9 Å². The van der Waals surface area contributed by atoms with E-state index in [1.807, 2.05) is 0 Å². The van der Waals surface area contributed by atoms with Crippen molar-refractivity contribution in [3.8, 4) is 5.75 Å². The number of benzene rings is 2. The zero-order valence-corrected chi connectivity index (χ0v) is 18.7. The molecule has 2 aromatic carbocycles. The molecule has 31 heavy (non-hydrogen) atoms. The molecule has 1 fully saturated rings. The fourth-order valence-corrected chi connectivity index (χ4v) is 5.19. The number of hydrogen-bond donors (Lipinski definition) is 1. The third-order valence-corrected chi connectivity index (χ3v) is 7.43. The number of halogens is 1. The molecule has 0 atom stereocenters. The second kappa shape index (κ2) is 8.41. The predicted molar refractivity (Wildman–Crippen MR) is 118 cm³/mol. The van der Waals surface area contributed by atoms with Gasteiger partial charge in [0, 0.05) is 43.3 Å². The number of carbonyl (C=O) groups excluding carboxylic acids is 1. The molecule has 0 unspecified atom stereocenters. The largest absolute Gasteiger partial charge is 0.495 e. The maximum atomic E-state index is 13.3. The first kappa shape index (κ1) is 21.5. The van der Waals surface area contributed by atoms with Crippen LogP contribution in [0, 0.1) is 6.92 Å². The maximum Gasteiger partial charge on any atom is 0.281 e. The van der Waals surface area contributed by atoms with Crippen molar-refractivity contribution in [1.29, 1.82) is 0 Å². The van der Waals surface area contributed by atoms with Gasteiger partial charge in [0.1, 0.15) is 16.2 Å². The van der Waals surface area contributed by atoms with Gasteiger partial charge in [0.05, 0.1) is 24.6 Å². The average Bonchev–Trinajstić information content (AvgIpc) is 3.26. The number of furan rings is 1. The Morgan fingerprint density at radius 1 is 1.19 bits per heavy atom. The van der Waals surface area contributed by atoms with Gasteiger partial charge in [0.2, 0.25) is 0 Å². The highest BCUT2D eigenvalue weighted by molar-refractivity contribution is 7.94. The summed E-state index contributed by atoms with van der Waals surface area (Å²) in [5, 5.41) is 3.78. The van der Waals surface area contributed by atoms with E-state index < -0.39 is 10.0 Å². The van der Waals surface area contributed by atoms with E-state index in [0.29, 0.717) is 41.0 Å². The van der Waals surface area contributed by atoms with Crippen LogP contribution in [0.2, 0.25) is 0 Å². The second-order valence-electron chi connectivity index (χ2n) is 7.25. The minimum absolute atomic E-state index is 0.0627. The quantitative estimate of drug-likeness (QED) is 0.584. The molecule has 0 spiro atoms. The number of fused-ring (bicyclic) bond motifs is 1. The van der Waals surface area contributed by atoms with Gasteiger partial charge >= 0.3 is 0 Å². The minimum Gasteiger partial charge on any atom is -0.495 e. The van der Waals surface area contributed by atoms with Crippen LogP contribution in [0.1, 0.15) is 15.9 Å². The van der Waals surface area contributed by atoms with Crippen LogP contribution in [-0.2, 0) is 10.0 Å². The second-order valence-corrected chi connectivity index (χ2v) is 9.54. The highest BCUT2D eigenvalue weighted by Gasteiger charge is 2.30. The van der Waals surface area contributed by atoms with Crippen molar-refractivity contribution >= 4 is 44.4 Å². The number of nitrogens with zero attached hydrogens (tertiary/aromatic N) is 2. The van der Waals surface area contributed by atoms with E-state index in [1.54, 1.807) is 36.1 Å². The Morgan fingerprint density at radius 3 is 2.65 bits per heavy atom.